The van der Waals surface area contributed by atoms with Crippen LogP contribution in [-0.2, 0) is 4.74 Å². The summed E-state index contributed by atoms with van der Waals surface area (Å²) >= 11 is 0. The van der Waals surface area contributed by atoms with E-state index in [1.165, 1.54) is 0 Å². The highest BCUT2D eigenvalue weighted by atomic mass is 16.5. The molecule has 0 bridgehead atoms. The Morgan fingerprint density at radius 2 is 2.07 bits per heavy atom. The van der Waals surface area contributed by atoms with Gasteiger partial charge in [0.1, 0.15) is 12.3 Å². The van der Waals surface area contributed by atoms with E-state index in [0.29, 0.717) is 0 Å². The van der Waals surface area contributed by atoms with Crippen LogP contribution >= 0.6 is 0 Å². The fraction of sp³-hybridized carbons (Fsp3) is 0.714. The van der Waals surface area contributed by atoms with Crippen LogP contribution in [0.15, 0.2) is 4.99 Å². The second-order valence-corrected chi connectivity index (χ2v) is 3.18. The minimum atomic E-state index is -0.929. The van der Waals surface area contributed by atoms with E-state index in [1.54, 1.807) is 0 Å². The average Bonchev–Trinajstić information content (AvgIpc) is 2.10. The normalized spacial score (nSPS) is 30.7. The van der Waals surface area contributed by atoms with E-state index < -0.39 is 24.5 Å². The van der Waals surface area contributed by atoms with E-state index in [1.807, 2.05) is 0 Å². The largest absolute Gasteiger partial charge is 0.390 e. The Morgan fingerprint density at radius 3 is 2.60 bits per heavy atom. The first-order chi connectivity index (χ1) is 6.99. The number of amides is 2. The lowest BCUT2D eigenvalue weighted by Crippen LogP contribution is -2.48. The predicted octanol–water partition coefficient (Wildman–Crippen LogP) is -2.56. The number of aliphatic hydroxyl groups excluding tert-OH is 2. The number of nitrogens with zero attached hydrogens (tertiary/aromatic N) is 1. The Kier molecular flexibility index (Phi) is 3.83. The lowest BCUT2D eigenvalue weighted by atomic mass is 10.1. The summed E-state index contributed by atoms with van der Waals surface area (Å²) in [7, 11) is 0. The van der Waals surface area contributed by atoms with Crippen LogP contribution in [0.5, 0.6) is 0 Å². The van der Waals surface area contributed by atoms with Gasteiger partial charge in [0.25, 0.3) is 0 Å². The standard InChI is InChI=1S/C7H14N4O4/c8-6(9)11-7(14)10-5-1-3(12)4(13)2-15-5/h3-5,12-13H,1-2H2,(H5,8,9,10,11,14)/t3-,4+,5-/m0/s1. The molecule has 2 amide bonds. The molecular weight excluding hydrogens is 204 g/mol. The molecule has 86 valence electrons. The molecule has 15 heavy (non-hydrogen) atoms. The van der Waals surface area contributed by atoms with E-state index >= 15 is 0 Å². The smallest absolute Gasteiger partial charge is 0.346 e. The molecule has 0 unspecified atom stereocenters. The van der Waals surface area contributed by atoms with Gasteiger partial charge in [0.15, 0.2) is 5.96 Å². The highest BCUT2D eigenvalue weighted by Gasteiger charge is 2.28. The van der Waals surface area contributed by atoms with Gasteiger partial charge in [-0.1, -0.05) is 0 Å². The van der Waals surface area contributed by atoms with Crippen molar-refractivity contribution in [3.8, 4) is 0 Å². The number of carbonyl (C=O) groups is 1. The number of carbonyl (C=O) groups excluding carboxylic acids is 1. The summed E-state index contributed by atoms with van der Waals surface area (Å²) in [6.07, 6.45) is -2.46. The molecule has 8 nitrogen and oxygen atoms in total. The Balaban J connectivity index is 2.40. The number of ether oxygens (including phenoxy) is 1. The number of rotatable bonds is 1. The lowest BCUT2D eigenvalue weighted by molar-refractivity contribution is -0.125. The summed E-state index contributed by atoms with van der Waals surface area (Å²) in [5, 5.41) is 20.7. The minimum Gasteiger partial charge on any atom is -0.390 e. The van der Waals surface area contributed by atoms with Crippen LogP contribution in [0.3, 0.4) is 0 Å². The van der Waals surface area contributed by atoms with Gasteiger partial charge >= 0.3 is 6.03 Å². The Hall–Kier alpha value is -1.38. The first kappa shape index (κ1) is 11.7. The molecule has 1 aliphatic rings. The molecule has 0 saturated carbocycles. The van der Waals surface area contributed by atoms with Crippen LogP contribution in [-0.4, -0.2) is 47.2 Å². The van der Waals surface area contributed by atoms with Gasteiger partial charge < -0.3 is 31.7 Å². The number of nitrogens with two attached hydrogens (primary N) is 2. The van der Waals surface area contributed by atoms with Gasteiger partial charge in [-0.2, -0.15) is 4.99 Å². The summed E-state index contributed by atoms with van der Waals surface area (Å²) in [5.74, 6) is -0.358. The molecule has 3 atom stereocenters. The third-order valence-electron chi connectivity index (χ3n) is 1.88. The van der Waals surface area contributed by atoms with Crippen LogP contribution < -0.4 is 16.8 Å². The van der Waals surface area contributed by atoms with Crippen molar-refractivity contribution in [2.45, 2.75) is 24.9 Å². The molecule has 1 heterocycles. The van der Waals surface area contributed by atoms with Gasteiger partial charge in [-0.25, -0.2) is 4.79 Å². The SMILES string of the molecule is NC(N)=NC(=O)N[C@@H]1C[C@H](O)[C@H](O)CO1. The zero-order valence-corrected chi connectivity index (χ0v) is 7.96. The molecule has 0 aromatic heterocycles. The third kappa shape index (κ3) is 3.70. The van der Waals surface area contributed by atoms with E-state index in [0.717, 1.165) is 0 Å². The van der Waals surface area contributed by atoms with Gasteiger partial charge in [-0.3, -0.25) is 0 Å². The van der Waals surface area contributed by atoms with E-state index in [2.05, 4.69) is 10.3 Å². The highest BCUT2D eigenvalue weighted by molar-refractivity contribution is 5.90. The monoisotopic (exact) mass is 218 g/mol. The number of nitrogens with one attached hydrogen (secondary N) is 1. The first-order valence-corrected chi connectivity index (χ1v) is 4.37. The number of aliphatic hydroxyl groups is 2. The average molecular weight is 218 g/mol. The molecule has 0 aromatic rings. The zero-order chi connectivity index (χ0) is 11.4. The molecule has 0 radical (unpaired) electrons. The number of guanidine groups is 1. The van der Waals surface area contributed by atoms with Gasteiger partial charge in [-0.05, 0) is 0 Å². The predicted molar refractivity (Wildman–Crippen MR) is 50.7 cm³/mol. The van der Waals surface area contributed by atoms with Crippen LogP contribution in [0.4, 0.5) is 4.79 Å². The van der Waals surface area contributed by atoms with E-state index in [4.69, 9.17) is 21.3 Å². The van der Waals surface area contributed by atoms with E-state index in [-0.39, 0.29) is 19.0 Å². The fourth-order valence-corrected chi connectivity index (χ4v) is 1.16. The van der Waals surface area contributed by atoms with Crippen LogP contribution in [0.1, 0.15) is 6.42 Å². The second-order valence-electron chi connectivity index (χ2n) is 3.18. The Bertz CT molecular complexity index is 266. The van der Waals surface area contributed by atoms with Crippen molar-refractivity contribution in [3.63, 3.8) is 0 Å². The molecule has 1 fully saturated rings. The van der Waals surface area contributed by atoms with Gasteiger partial charge in [0.05, 0.1) is 12.7 Å². The maximum absolute atomic E-state index is 11.0. The second kappa shape index (κ2) is 4.91. The topological polar surface area (TPSA) is 143 Å². The highest BCUT2D eigenvalue weighted by Crippen LogP contribution is 2.12. The van der Waals surface area contributed by atoms with Crippen LogP contribution in [0, 0.1) is 0 Å². The number of hydrogen-bond acceptors (Lipinski definition) is 4. The molecule has 8 heteroatoms. The first-order valence-electron chi connectivity index (χ1n) is 4.37. The maximum atomic E-state index is 11.0. The zero-order valence-electron chi connectivity index (χ0n) is 7.96. The number of urea groups is 1. The van der Waals surface area contributed by atoms with Crippen molar-refractivity contribution in [1.82, 2.24) is 5.32 Å². The quantitative estimate of drug-likeness (QED) is 0.242. The maximum Gasteiger partial charge on any atom is 0.346 e. The molecular formula is C7H14N4O4. The summed E-state index contributed by atoms with van der Waals surface area (Å²) in [6.45, 7) is -0.0477. The fourth-order valence-electron chi connectivity index (χ4n) is 1.16. The summed E-state index contributed by atoms with van der Waals surface area (Å²) < 4.78 is 5.02. The lowest BCUT2D eigenvalue weighted by Gasteiger charge is -2.30. The number of hydrogen-bond donors (Lipinski definition) is 5. The molecule has 0 aromatic carbocycles. The van der Waals surface area contributed by atoms with Crippen molar-refractivity contribution in [2.75, 3.05) is 6.61 Å². The van der Waals surface area contributed by atoms with Crippen molar-refractivity contribution in [1.29, 1.82) is 0 Å². The minimum absolute atomic E-state index is 0.0477. The van der Waals surface area contributed by atoms with Crippen molar-refractivity contribution in [3.05, 3.63) is 0 Å². The van der Waals surface area contributed by atoms with Crippen molar-refractivity contribution >= 4 is 12.0 Å². The Morgan fingerprint density at radius 1 is 1.40 bits per heavy atom. The molecule has 1 aliphatic heterocycles. The molecule has 0 spiro atoms. The summed E-state index contributed by atoms with van der Waals surface area (Å²) in [5.41, 5.74) is 9.97. The summed E-state index contributed by atoms with van der Waals surface area (Å²) in [6, 6.07) is -0.747. The van der Waals surface area contributed by atoms with Crippen molar-refractivity contribution in [2.24, 2.45) is 16.5 Å². The molecule has 0 aliphatic carbocycles. The van der Waals surface area contributed by atoms with Crippen LogP contribution in [0.2, 0.25) is 0 Å². The molecule has 7 N–H and O–H groups in total. The van der Waals surface area contributed by atoms with Gasteiger partial charge in [-0.15, -0.1) is 0 Å². The molecule has 1 rings (SSSR count). The molecule has 1 saturated heterocycles. The van der Waals surface area contributed by atoms with Gasteiger partial charge in [0.2, 0.25) is 0 Å². The van der Waals surface area contributed by atoms with Gasteiger partial charge in [0, 0.05) is 6.42 Å². The number of aliphatic imine (C=N–C) groups is 1. The third-order valence-corrected chi connectivity index (χ3v) is 1.88. The van der Waals surface area contributed by atoms with Crippen molar-refractivity contribution < 1.29 is 19.7 Å². The van der Waals surface area contributed by atoms with E-state index in [9.17, 15) is 9.90 Å². The van der Waals surface area contributed by atoms with Crippen LogP contribution in [0.25, 0.3) is 0 Å². The summed E-state index contributed by atoms with van der Waals surface area (Å²) in [4.78, 5) is 14.2. The Labute approximate surface area is 85.9 Å².